The largest absolute Gasteiger partial charge is 0.497 e. The molecule has 2 aromatic rings. The number of hydrogen-bond donors (Lipinski definition) is 1. The number of rotatable bonds is 3. The second-order valence-electron chi connectivity index (χ2n) is 3.60. The lowest BCUT2D eigenvalue weighted by Crippen LogP contribution is -1.91. The summed E-state index contributed by atoms with van der Waals surface area (Å²) < 4.78 is 18.7. The Hall–Kier alpha value is -1.46. The molecule has 0 aliphatic carbocycles. The molecule has 0 aliphatic heterocycles. The maximum Gasteiger partial charge on any atom is 0.137 e. The third-order valence-corrected chi connectivity index (χ3v) is 3.25. The fraction of sp³-hybridized carbons (Fsp3) is 0.250. The number of thiazole rings is 1. The standard InChI is InChI=1S/C12H12FNO2S/c1-7(15)11-6-17-12(14-11)9-4-3-8(16-2)5-10(9)13/h3-7,15H,1-2H3. The fourth-order valence-electron chi connectivity index (χ4n) is 1.40. The molecule has 0 radical (unpaired) electrons. The van der Waals surface area contributed by atoms with Crippen LogP contribution in [-0.4, -0.2) is 17.2 Å². The Kier molecular flexibility index (Phi) is 3.40. The molecule has 0 bridgehead atoms. The first-order chi connectivity index (χ1) is 8.11. The van der Waals surface area contributed by atoms with E-state index >= 15 is 0 Å². The summed E-state index contributed by atoms with van der Waals surface area (Å²) in [5.74, 6) is 0.0920. The first-order valence-corrected chi connectivity index (χ1v) is 5.97. The molecular formula is C12H12FNO2S. The second-order valence-corrected chi connectivity index (χ2v) is 4.46. The smallest absolute Gasteiger partial charge is 0.137 e. The van der Waals surface area contributed by atoms with Crippen LogP contribution in [0.2, 0.25) is 0 Å². The van der Waals surface area contributed by atoms with E-state index in [-0.39, 0.29) is 5.82 Å². The highest BCUT2D eigenvalue weighted by molar-refractivity contribution is 7.13. The molecule has 90 valence electrons. The van der Waals surface area contributed by atoms with Crippen LogP contribution in [0.25, 0.3) is 10.6 Å². The number of halogens is 1. The Balaban J connectivity index is 2.38. The van der Waals surface area contributed by atoms with Crippen molar-refractivity contribution < 1.29 is 14.2 Å². The van der Waals surface area contributed by atoms with Crippen LogP contribution in [0.3, 0.4) is 0 Å². The first-order valence-electron chi connectivity index (χ1n) is 5.09. The molecule has 2 rings (SSSR count). The van der Waals surface area contributed by atoms with E-state index in [9.17, 15) is 9.50 Å². The van der Waals surface area contributed by atoms with E-state index in [4.69, 9.17) is 4.74 Å². The number of hydrogen-bond acceptors (Lipinski definition) is 4. The van der Waals surface area contributed by atoms with Gasteiger partial charge in [-0.25, -0.2) is 9.37 Å². The lowest BCUT2D eigenvalue weighted by atomic mass is 10.2. The van der Waals surface area contributed by atoms with E-state index in [1.807, 2.05) is 0 Å². The highest BCUT2D eigenvalue weighted by Crippen LogP contribution is 2.30. The average molecular weight is 253 g/mol. The summed E-state index contributed by atoms with van der Waals surface area (Å²) in [6.45, 7) is 1.63. The number of aliphatic hydroxyl groups excluding tert-OH is 1. The van der Waals surface area contributed by atoms with Crippen molar-refractivity contribution in [1.29, 1.82) is 0 Å². The zero-order chi connectivity index (χ0) is 12.4. The third-order valence-electron chi connectivity index (χ3n) is 2.36. The topological polar surface area (TPSA) is 42.4 Å². The van der Waals surface area contributed by atoms with Gasteiger partial charge in [-0.15, -0.1) is 11.3 Å². The van der Waals surface area contributed by atoms with Gasteiger partial charge < -0.3 is 9.84 Å². The van der Waals surface area contributed by atoms with Crippen LogP contribution in [-0.2, 0) is 0 Å². The molecule has 0 aliphatic rings. The molecular weight excluding hydrogens is 241 g/mol. The van der Waals surface area contributed by atoms with Crippen LogP contribution in [0.4, 0.5) is 4.39 Å². The molecule has 1 unspecified atom stereocenters. The molecule has 0 amide bonds. The van der Waals surface area contributed by atoms with Gasteiger partial charge in [-0.05, 0) is 19.1 Å². The van der Waals surface area contributed by atoms with Crippen molar-refractivity contribution in [2.45, 2.75) is 13.0 Å². The average Bonchev–Trinajstić information content (AvgIpc) is 2.78. The van der Waals surface area contributed by atoms with Crippen LogP contribution in [0.5, 0.6) is 5.75 Å². The first kappa shape index (κ1) is 12.0. The summed E-state index contributed by atoms with van der Waals surface area (Å²) in [6, 6.07) is 4.62. The van der Waals surface area contributed by atoms with E-state index < -0.39 is 6.10 Å². The number of methoxy groups -OCH3 is 1. The number of benzene rings is 1. The van der Waals surface area contributed by atoms with Crippen molar-refractivity contribution in [3.63, 3.8) is 0 Å². The predicted octanol–water partition coefficient (Wildman–Crippen LogP) is 3.01. The maximum atomic E-state index is 13.8. The summed E-state index contributed by atoms with van der Waals surface area (Å²) in [7, 11) is 1.49. The molecule has 1 atom stereocenters. The van der Waals surface area contributed by atoms with Gasteiger partial charge in [0.05, 0.1) is 18.9 Å². The molecule has 3 nitrogen and oxygen atoms in total. The van der Waals surface area contributed by atoms with Gasteiger partial charge in [0.2, 0.25) is 0 Å². The van der Waals surface area contributed by atoms with Crippen molar-refractivity contribution in [3.8, 4) is 16.3 Å². The minimum Gasteiger partial charge on any atom is -0.497 e. The molecule has 0 spiro atoms. The summed E-state index contributed by atoms with van der Waals surface area (Å²) in [5, 5.41) is 11.6. The van der Waals surface area contributed by atoms with E-state index in [0.717, 1.165) is 0 Å². The molecule has 1 aromatic heterocycles. The van der Waals surface area contributed by atoms with Crippen molar-refractivity contribution >= 4 is 11.3 Å². The van der Waals surface area contributed by atoms with Crippen LogP contribution in [0, 0.1) is 5.82 Å². The van der Waals surface area contributed by atoms with E-state index in [0.29, 0.717) is 22.0 Å². The van der Waals surface area contributed by atoms with Gasteiger partial charge in [0, 0.05) is 17.0 Å². The molecule has 1 aromatic carbocycles. The SMILES string of the molecule is COc1ccc(-c2nc(C(C)O)cs2)c(F)c1. The minimum atomic E-state index is -0.638. The van der Waals surface area contributed by atoms with Gasteiger partial charge in [0.1, 0.15) is 16.6 Å². The maximum absolute atomic E-state index is 13.8. The Labute approximate surface area is 103 Å². The normalized spacial score (nSPS) is 12.5. The number of aromatic nitrogens is 1. The van der Waals surface area contributed by atoms with Crippen molar-refractivity contribution in [2.75, 3.05) is 7.11 Å². The number of ether oxygens (including phenoxy) is 1. The van der Waals surface area contributed by atoms with Gasteiger partial charge in [0.25, 0.3) is 0 Å². The Morgan fingerprint density at radius 3 is 2.76 bits per heavy atom. The monoisotopic (exact) mass is 253 g/mol. The van der Waals surface area contributed by atoms with Crippen molar-refractivity contribution in [3.05, 3.63) is 35.1 Å². The van der Waals surface area contributed by atoms with Crippen molar-refractivity contribution in [2.24, 2.45) is 0 Å². The highest BCUT2D eigenvalue weighted by atomic mass is 32.1. The van der Waals surface area contributed by atoms with Gasteiger partial charge in [-0.2, -0.15) is 0 Å². The predicted molar refractivity (Wildman–Crippen MR) is 64.7 cm³/mol. The summed E-state index contributed by atoms with van der Waals surface area (Å²) >= 11 is 1.31. The van der Waals surface area contributed by atoms with Gasteiger partial charge in [0.15, 0.2) is 0 Å². The minimum absolute atomic E-state index is 0.379. The molecule has 0 saturated heterocycles. The summed E-state index contributed by atoms with van der Waals surface area (Å²) in [4.78, 5) is 4.18. The van der Waals surface area contributed by atoms with Crippen LogP contribution < -0.4 is 4.74 Å². The van der Waals surface area contributed by atoms with E-state index in [1.165, 1.54) is 24.5 Å². The zero-order valence-corrected chi connectivity index (χ0v) is 10.3. The lowest BCUT2D eigenvalue weighted by molar-refractivity contribution is 0.195. The highest BCUT2D eigenvalue weighted by Gasteiger charge is 2.12. The summed E-state index contributed by atoms with van der Waals surface area (Å²) in [5.41, 5.74) is 0.975. The molecule has 1 heterocycles. The van der Waals surface area contributed by atoms with E-state index in [2.05, 4.69) is 4.98 Å². The molecule has 17 heavy (non-hydrogen) atoms. The lowest BCUT2D eigenvalue weighted by Gasteiger charge is -2.03. The zero-order valence-electron chi connectivity index (χ0n) is 9.48. The Morgan fingerprint density at radius 1 is 1.47 bits per heavy atom. The van der Waals surface area contributed by atoms with Gasteiger partial charge in [-0.3, -0.25) is 0 Å². The quantitative estimate of drug-likeness (QED) is 0.914. The second kappa shape index (κ2) is 4.81. The van der Waals surface area contributed by atoms with Gasteiger partial charge >= 0.3 is 0 Å². The van der Waals surface area contributed by atoms with Crippen LogP contribution in [0.1, 0.15) is 18.7 Å². The Bertz CT molecular complexity index is 525. The Morgan fingerprint density at radius 2 is 2.24 bits per heavy atom. The molecule has 0 fully saturated rings. The summed E-state index contributed by atoms with van der Waals surface area (Å²) in [6.07, 6.45) is -0.638. The number of aliphatic hydroxyl groups is 1. The molecule has 5 heteroatoms. The third kappa shape index (κ3) is 2.45. The van der Waals surface area contributed by atoms with Gasteiger partial charge in [-0.1, -0.05) is 0 Å². The molecule has 1 N–H and O–H groups in total. The molecule has 0 saturated carbocycles. The number of nitrogens with zero attached hydrogens (tertiary/aromatic N) is 1. The van der Waals surface area contributed by atoms with E-state index in [1.54, 1.807) is 24.4 Å². The fourth-order valence-corrected chi connectivity index (χ4v) is 2.33. The van der Waals surface area contributed by atoms with Crippen molar-refractivity contribution in [1.82, 2.24) is 4.98 Å². The van der Waals surface area contributed by atoms with Crippen LogP contribution >= 0.6 is 11.3 Å². The van der Waals surface area contributed by atoms with Crippen LogP contribution in [0.15, 0.2) is 23.6 Å².